The van der Waals surface area contributed by atoms with Crippen LogP contribution in [0.3, 0.4) is 0 Å². The monoisotopic (exact) mass is 258 g/mol. The molecular formula is C12H18O6. The van der Waals surface area contributed by atoms with Crippen molar-refractivity contribution in [3.8, 4) is 0 Å². The normalized spacial score (nSPS) is 13.7. The topological polar surface area (TPSA) is 109 Å². The summed E-state index contributed by atoms with van der Waals surface area (Å²) < 4.78 is 0. The maximum atomic E-state index is 11.5. The second kappa shape index (κ2) is 7.58. The highest BCUT2D eigenvalue weighted by Crippen LogP contribution is 2.26. The zero-order valence-electron chi connectivity index (χ0n) is 10.5. The molecule has 0 rings (SSSR count). The number of ketones is 2. The summed E-state index contributed by atoms with van der Waals surface area (Å²) in [6.07, 6.45) is -0.462. The van der Waals surface area contributed by atoms with Crippen LogP contribution in [0.4, 0.5) is 0 Å². The third kappa shape index (κ3) is 6.78. The third-order valence-electron chi connectivity index (χ3n) is 2.76. The summed E-state index contributed by atoms with van der Waals surface area (Å²) in [6.45, 7) is 2.62. The highest BCUT2D eigenvalue weighted by atomic mass is 16.4. The highest BCUT2D eigenvalue weighted by molar-refractivity contribution is 5.86. The molecule has 0 radical (unpaired) electrons. The molecule has 18 heavy (non-hydrogen) atoms. The Hall–Kier alpha value is -1.72. The zero-order valence-corrected chi connectivity index (χ0v) is 10.5. The van der Waals surface area contributed by atoms with Crippen molar-refractivity contribution in [3.05, 3.63) is 0 Å². The summed E-state index contributed by atoms with van der Waals surface area (Å²) in [5.41, 5.74) is 0. The van der Waals surface area contributed by atoms with Gasteiger partial charge in [-0.15, -0.1) is 0 Å². The van der Waals surface area contributed by atoms with Crippen LogP contribution in [0.25, 0.3) is 0 Å². The molecule has 0 aromatic carbocycles. The van der Waals surface area contributed by atoms with Crippen LogP contribution in [0, 0.1) is 11.8 Å². The van der Waals surface area contributed by atoms with Crippen molar-refractivity contribution < 1.29 is 29.4 Å². The molecule has 6 heteroatoms. The fraction of sp³-hybridized carbons (Fsp3) is 0.667. The second-order valence-corrected chi connectivity index (χ2v) is 4.41. The molecule has 0 heterocycles. The number of hydrogen-bond acceptors (Lipinski definition) is 4. The van der Waals surface area contributed by atoms with Crippen molar-refractivity contribution in [1.82, 2.24) is 0 Å². The first-order chi connectivity index (χ1) is 8.23. The highest BCUT2D eigenvalue weighted by Gasteiger charge is 2.29. The zero-order chi connectivity index (χ0) is 14.3. The summed E-state index contributed by atoms with van der Waals surface area (Å²) in [4.78, 5) is 43.8. The predicted octanol–water partition coefficient (Wildman–Crippen LogP) is 1.13. The van der Waals surface area contributed by atoms with E-state index in [1.54, 1.807) is 0 Å². The van der Waals surface area contributed by atoms with Crippen LogP contribution in [-0.2, 0) is 19.2 Å². The molecule has 0 saturated carbocycles. The van der Waals surface area contributed by atoms with E-state index in [-0.39, 0.29) is 37.2 Å². The van der Waals surface area contributed by atoms with Gasteiger partial charge in [0, 0.05) is 25.2 Å². The van der Waals surface area contributed by atoms with Crippen molar-refractivity contribution in [1.29, 1.82) is 0 Å². The molecule has 0 amide bonds. The van der Waals surface area contributed by atoms with Gasteiger partial charge in [-0.3, -0.25) is 14.4 Å². The second-order valence-electron chi connectivity index (χ2n) is 4.41. The molecule has 0 spiro atoms. The standard InChI is InChI=1S/C12H18O6/c1-7(13)5-10(8(2)14)9(6-12(17)18)3-4-11(15)16/h9-10H,3-6H2,1-2H3,(H,15,16)(H,17,18). The van der Waals surface area contributed by atoms with Gasteiger partial charge < -0.3 is 15.0 Å². The molecule has 2 atom stereocenters. The van der Waals surface area contributed by atoms with Gasteiger partial charge in [-0.25, -0.2) is 0 Å². The number of carbonyl (C=O) groups is 4. The largest absolute Gasteiger partial charge is 0.481 e. The van der Waals surface area contributed by atoms with Gasteiger partial charge in [0.2, 0.25) is 0 Å². The molecule has 0 saturated heterocycles. The van der Waals surface area contributed by atoms with Gasteiger partial charge in [-0.2, -0.15) is 0 Å². The SMILES string of the molecule is CC(=O)CC(C(C)=O)C(CCC(=O)O)CC(=O)O. The number of rotatable bonds is 9. The summed E-state index contributed by atoms with van der Waals surface area (Å²) in [5.74, 6) is -3.95. The van der Waals surface area contributed by atoms with E-state index < -0.39 is 23.8 Å². The maximum absolute atomic E-state index is 11.5. The van der Waals surface area contributed by atoms with Crippen LogP contribution in [-0.4, -0.2) is 33.7 Å². The number of carboxylic acids is 2. The van der Waals surface area contributed by atoms with E-state index in [1.165, 1.54) is 13.8 Å². The van der Waals surface area contributed by atoms with E-state index in [0.29, 0.717) is 0 Å². The minimum Gasteiger partial charge on any atom is -0.481 e. The molecular weight excluding hydrogens is 240 g/mol. The van der Waals surface area contributed by atoms with E-state index in [4.69, 9.17) is 10.2 Å². The van der Waals surface area contributed by atoms with Gasteiger partial charge in [0.1, 0.15) is 11.6 Å². The van der Waals surface area contributed by atoms with Gasteiger partial charge in [0.25, 0.3) is 0 Å². The van der Waals surface area contributed by atoms with Crippen molar-refractivity contribution in [2.24, 2.45) is 11.8 Å². The summed E-state index contributed by atoms with van der Waals surface area (Å²) >= 11 is 0. The van der Waals surface area contributed by atoms with Gasteiger partial charge in [0.15, 0.2) is 0 Å². The van der Waals surface area contributed by atoms with Gasteiger partial charge >= 0.3 is 11.9 Å². The number of carbonyl (C=O) groups excluding carboxylic acids is 2. The van der Waals surface area contributed by atoms with Crippen molar-refractivity contribution >= 4 is 23.5 Å². The minimum atomic E-state index is -1.10. The lowest BCUT2D eigenvalue weighted by Gasteiger charge is -2.22. The van der Waals surface area contributed by atoms with Crippen molar-refractivity contribution in [3.63, 3.8) is 0 Å². The molecule has 102 valence electrons. The van der Waals surface area contributed by atoms with Gasteiger partial charge in [-0.05, 0) is 26.2 Å². The van der Waals surface area contributed by atoms with Crippen LogP contribution in [0.2, 0.25) is 0 Å². The van der Waals surface area contributed by atoms with Crippen LogP contribution in [0.15, 0.2) is 0 Å². The first-order valence-electron chi connectivity index (χ1n) is 5.67. The van der Waals surface area contributed by atoms with E-state index in [9.17, 15) is 19.2 Å². The van der Waals surface area contributed by atoms with E-state index >= 15 is 0 Å². The van der Waals surface area contributed by atoms with Crippen LogP contribution in [0.5, 0.6) is 0 Å². The van der Waals surface area contributed by atoms with Crippen molar-refractivity contribution in [2.75, 3.05) is 0 Å². The Labute approximate surface area is 105 Å². The van der Waals surface area contributed by atoms with Crippen LogP contribution >= 0.6 is 0 Å². The molecule has 0 aliphatic carbocycles. The molecule has 2 unspecified atom stereocenters. The van der Waals surface area contributed by atoms with Crippen LogP contribution in [0.1, 0.15) is 39.5 Å². The molecule has 2 N–H and O–H groups in total. The van der Waals surface area contributed by atoms with Crippen LogP contribution < -0.4 is 0 Å². The Morgan fingerprint density at radius 1 is 0.944 bits per heavy atom. The quantitative estimate of drug-likeness (QED) is 0.641. The molecule has 0 aliphatic heterocycles. The number of Topliss-reactive ketones (excluding diaryl/α,β-unsaturated/α-hetero) is 2. The molecule has 0 bridgehead atoms. The molecule has 0 aromatic rings. The Morgan fingerprint density at radius 3 is 1.83 bits per heavy atom. The van der Waals surface area contributed by atoms with E-state index in [0.717, 1.165) is 0 Å². The smallest absolute Gasteiger partial charge is 0.303 e. The number of hydrogen-bond donors (Lipinski definition) is 2. The summed E-state index contributed by atoms with van der Waals surface area (Å²) in [7, 11) is 0. The fourth-order valence-corrected chi connectivity index (χ4v) is 1.93. The van der Waals surface area contributed by atoms with Gasteiger partial charge in [-0.1, -0.05) is 0 Å². The third-order valence-corrected chi connectivity index (χ3v) is 2.76. The Bertz CT molecular complexity index is 346. The Balaban J connectivity index is 4.84. The molecule has 6 nitrogen and oxygen atoms in total. The van der Waals surface area contributed by atoms with E-state index in [1.807, 2.05) is 0 Å². The number of carboxylic acid groups (broad SMARTS) is 2. The first-order valence-corrected chi connectivity index (χ1v) is 5.67. The lowest BCUT2D eigenvalue weighted by molar-refractivity contribution is -0.142. The fourth-order valence-electron chi connectivity index (χ4n) is 1.93. The first kappa shape index (κ1) is 16.3. The lowest BCUT2D eigenvalue weighted by Crippen LogP contribution is -2.27. The average molecular weight is 258 g/mol. The summed E-state index contributed by atoms with van der Waals surface area (Å²) in [6, 6.07) is 0. The minimum absolute atomic E-state index is 0.0348. The summed E-state index contributed by atoms with van der Waals surface area (Å²) in [5, 5.41) is 17.4. The van der Waals surface area contributed by atoms with E-state index in [2.05, 4.69) is 0 Å². The van der Waals surface area contributed by atoms with Crippen molar-refractivity contribution in [2.45, 2.75) is 39.5 Å². The average Bonchev–Trinajstić information content (AvgIpc) is 2.19. The predicted molar refractivity (Wildman–Crippen MR) is 62.1 cm³/mol. The van der Waals surface area contributed by atoms with Gasteiger partial charge in [0.05, 0.1) is 0 Å². The molecule has 0 aliphatic rings. The maximum Gasteiger partial charge on any atom is 0.303 e. The molecule has 0 fully saturated rings. The lowest BCUT2D eigenvalue weighted by atomic mass is 9.80. The Morgan fingerprint density at radius 2 is 1.50 bits per heavy atom. The Kier molecular flexibility index (Phi) is 6.85. The molecule has 0 aromatic heterocycles. The number of aliphatic carboxylic acids is 2.